The Morgan fingerprint density at radius 2 is 1.79 bits per heavy atom. The molecule has 4 aliphatic carbocycles. The number of fused-ring (bicyclic) bond motifs is 10. The first-order valence-electron chi connectivity index (χ1n) is 8.47. The van der Waals surface area contributed by atoms with Gasteiger partial charge in [-0.25, -0.2) is 0 Å². The van der Waals surface area contributed by atoms with Crippen LogP contribution in [0, 0.1) is 40.9 Å². The Balaban J connectivity index is 0.000000465. The van der Waals surface area contributed by atoms with Crippen LogP contribution in [-0.2, 0) is 9.53 Å². The van der Waals surface area contributed by atoms with Crippen LogP contribution in [0.1, 0.15) is 52.4 Å². The van der Waals surface area contributed by atoms with Gasteiger partial charge in [-0.05, 0) is 74.0 Å². The van der Waals surface area contributed by atoms with E-state index in [4.69, 9.17) is 4.74 Å². The molecule has 1 heterocycles. The second-order valence-electron chi connectivity index (χ2n) is 7.34. The summed E-state index contributed by atoms with van der Waals surface area (Å²) in [5.74, 6) is 5.70. The van der Waals surface area contributed by atoms with Crippen LogP contribution in [0.5, 0.6) is 0 Å². The van der Waals surface area contributed by atoms with Crippen molar-refractivity contribution in [1.82, 2.24) is 0 Å². The van der Waals surface area contributed by atoms with E-state index in [2.05, 4.69) is 0 Å². The summed E-state index contributed by atoms with van der Waals surface area (Å²) in [7, 11) is 0. The number of carbonyl (C=O) groups is 1. The zero-order valence-electron chi connectivity index (χ0n) is 12.2. The highest BCUT2D eigenvalue weighted by Gasteiger charge is 2.70. The monoisotopic (exact) mass is 262 g/mol. The zero-order chi connectivity index (χ0) is 13.2. The molecule has 0 aromatic heterocycles. The minimum Gasteiger partial charge on any atom is -0.465 e. The Morgan fingerprint density at radius 3 is 2.47 bits per heavy atom. The molecule has 0 aromatic carbocycles. The molecule has 0 amide bonds. The first kappa shape index (κ1) is 12.2. The molecule has 1 saturated heterocycles. The SMILES string of the molecule is CC.O=C1OCCC12CC1CC2C2C3CCC(C3)C12. The van der Waals surface area contributed by atoms with Crippen molar-refractivity contribution in [2.45, 2.75) is 52.4 Å². The van der Waals surface area contributed by atoms with Gasteiger partial charge in [-0.15, -0.1) is 0 Å². The van der Waals surface area contributed by atoms with Crippen LogP contribution in [0.3, 0.4) is 0 Å². The lowest BCUT2D eigenvalue weighted by Gasteiger charge is -2.42. The molecule has 0 N–H and O–H groups in total. The van der Waals surface area contributed by atoms with Gasteiger partial charge in [-0.1, -0.05) is 13.8 Å². The fraction of sp³-hybridized carbons (Fsp3) is 0.941. The Kier molecular flexibility index (Phi) is 2.57. The van der Waals surface area contributed by atoms with E-state index in [1.807, 2.05) is 13.8 Å². The van der Waals surface area contributed by atoms with Gasteiger partial charge in [0.05, 0.1) is 12.0 Å². The molecule has 2 heteroatoms. The number of hydrogen-bond acceptors (Lipinski definition) is 2. The maximum absolute atomic E-state index is 12.2. The van der Waals surface area contributed by atoms with E-state index < -0.39 is 0 Å². The van der Waals surface area contributed by atoms with Gasteiger partial charge < -0.3 is 4.74 Å². The molecule has 4 bridgehead atoms. The summed E-state index contributed by atoms with van der Waals surface area (Å²) >= 11 is 0. The van der Waals surface area contributed by atoms with E-state index in [-0.39, 0.29) is 11.4 Å². The van der Waals surface area contributed by atoms with Crippen molar-refractivity contribution in [2.24, 2.45) is 40.9 Å². The number of esters is 1. The molecule has 5 rings (SSSR count). The van der Waals surface area contributed by atoms with Crippen molar-refractivity contribution in [3.63, 3.8) is 0 Å². The second kappa shape index (κ2) is 3.99. The lowest BCUT2D eigenvalue weighted by atomic mass is 9.60. The Bertz CT molecular complexity index is 404. The Morgan fingerprint density at radius 1 is 1.05 bits per heavy atom. The molecule has 1 aliphatic heterocycles. The number of carbonyl (C=O) groups excluding carboxylic acids is 1. The van der Waals surface area contributed by atoms with Crippen LogP contribution in [0.2, 0.25) is 0 Å². The highest BCUT2D eigenvalue weighted by Crippen LogP contribution is 2.73. The first-order chi connectivity index (χ1) is 9.29. The quantitative estimate of drug-likeness (QED) is 0.492. The van der Waals surface area contributed by atoms with Crippen molar-refractivity contribution in [2.75, 3.05) is 6.61 Å². The number of hydrogen-bond donors (Lipinski definition) is 0. The van der Waals surface area contributed by atoms with Crippen LogP contribution >= 0.6 is 0 Å². The van der Waals surface area contributed by atoms with E-state index in [0.717, 1.165) is 36.0 Å². The molecule has 4 saturated carbocycles. The molecule has 1 spiro atoms. The average Bonchev–Trinajstić information content (AvgIpc) is 3.20. The molecular weight excluding hydrogens is 236 g/mol. The Hall–Kier alpha value is -0.530. The topological polar surface area (TPSA) is 26.3 Å². The van der Waals surface area contributed by atoms with Crippen molar-refractivity contribution >= 4 is 5.97 Å². The molecule has 7 unspecified atom stereocenters. The molecule has 7 atom stereocenters. The van der Waals surface area contributed by atoms with Crippen LogP contribution in [-0.4, -0.2) is 12.6 Å². The smallest absolute Gasteiger partial charge is 0.312 e. The molecule has 106 valence electrons. The third-order valence-electron chi connectivity index (χ3n) is 7.14. The number of rotatable bonds is 0. The average molecular weight is 262 g/mol. The summed E-state index contributed by atoms with van der Waals surface area (Å²) in [6, 6.07) is 0. The van der Waals surface area contributed by atoms with Crippen LogP contribution < -0.4 is 0 Å². The molecule has 2 nitrogen and oxygen atoms in total. The lowest BCUT2D eigenvalue weighted by molar-refractivity contribution is -0.151. The summed E-state index contributed by atoms with van der Waals surface area (Å²) in [6.07, 6.45) is 8.02. The molecule has 5 aliphatic rings. The van der Waals surface area contributed by atoms with Gasteiger partial charge in [0.15, 0.2) is 0 Å². The highest BCUT2D eigenvalue weighted by atomic mass is 16.5. The maximum Gasteiger partial charge on any atom is 0.312 e. The minimum atomic E-state index is -0.00366. The predicted molar refractivity (Wildman–Crippen MR) is 73.4 cm³/mol. The fourth-order valence-corrected chi connectivity index (χ4v) is 6.84. The maximum atomic E-state index is 12.2. The summed E-state index contributed by atoms with van der Waals surface area (Å²) in [6.45, 7) is 4.70. The van der Waals surface area contributed by atoms with Gasteiger partial charge in [0.25, 0.3) is 0 Å². The molecule has 19 heavy (non-hydrogen) atoms. The van der Waals surface area contributed by atoms with E-state index in [9.17, 15) is 4.79 Å². The van der Waals surface area contributed by atoms with Crippen molar-refractivity contribution in [1.29, 1.82) is 0 Å². The molecule has 0 radical (unpaired) electrons. The Labute approximate surface area is 116 Å². The van der Waals surface area contributed by atoms with Gasteiger partial charge in [0.2, 0.25) is 0 Å². The van der Waals surface area contributed by atoms with Crippen molar-refractivity contribution < 1.29 is 9.53 Å². The molecule has 5 fully saturated rings. The van der Waals surface area contributed by atoms with Crippen LogP contribution in [0.15, 0.2) is 0 Å². The fourth-order valence-electron chi connectivity index (χ4n) is 6.84. The number of ether oxygens (including phenoxy) is 1. The summed E-state index contributed by atoms with van der Waals surface area (Å²) in [5.41, 5.74) is -0.00366. The normalized spacial score (nSPS) is 56.2. The minimum absolute atomic E-state index is 0.00366. The van der Waals surface area contributed by atoms with Gasteiger partial charge in [0, 0.05) is 0 Å². The van der Waals surface area contributed by atoms with E-state index in [0.29, 0.717) is 12.5 Å². The summed E-state index contributed by atoms with van der Waals surface area (Å²) in [4.78, 5) is 12.2. The highest BCUT2D eigenvalue weighted by molar-refractivity contribution is 5.80. The van der Waals surface area contributed by atoms with Gasteiger partial charge in [-0.3, -0.25) is 4.79 Å². The third-order valence-corrected chi connectivity index (χ3v) is 7.14. The standard InChI is InChI=1S/C15H20O2.C2H6/c16-14-15(3-4-17-14)7-10-6-11(15)13-9-2-1-8(5-9)12(10)13;1-2/h8-13H,1-7H2;1-2H3. The largest absolute Gasteiger partial charge is 0.465 e. The summed E-state index contributed by atoms with van der Waals surface area (Å²) < 4.78 is 5.33. The van der Waals surface area contributed by atoms with Crippen molar-refractivity contribution in [3.8, 4) is 0 Å². The summed E-state index contributed by atoms with van der Waals surface area (Å²) in [5, 5.41) is 0. The van der Waals surface area contributed by atoms with E-state index >= 15 is 0 Å². The number of cyclic esters (lactones) is 1. The third kappa shape index (κ3) is 1.31. The van der Waals surface area contributed by atoms with Crippen LogP contribution in [0.25, 0.3) is 0 Å². The zero-order valence-corrected chi connectivity index (χ0v) is 12.2. The molecule has 0 aromatic rings. The first-order valence-corrected chi connectivity index (χ1v) is 8.47. The van der Waals surface area contributed by atoms with E-state index in [1.54, 1.807) is 0 Å². The second-order valence-corrected chi connectivity index (χ2v) is 7.34. The van der Waals surface area contributed by atoms with Crippen molar-refractivity contribution in [3.05, 3.63) is 0 Å². The van der Waals surface area contributed by atoms with Gasteiger partial charge in [0.1, 0.15) is 0 Å². The van der Waals surface area contributed by atoms with Crippen LogP contribution in [0.4, 0.5) is 0 Å². The predicted octanol–water partition coefficient (Wildman–Crippen LogP) is 3.65. The molecular formula is C17H26O2. The van der Waals surface area contributed by atoms with E-state index in [1.165, 1.54) is 32.1 Å². The van der Waals surface area contributed by atoms with Gasteiger partial charge in [-0.2, -0.15) is 0 Å². The lowest BCUT2D eigenvalue weighted by Crippen LogP contribution is -2.42. The van der Waals surface area contributed by atoms with Gasteiger partial charge >= 0.3 is 5.97 Å².